The number of nitrogens with one attached hydrogen (secondary N) is 2. The molecule has 5 heterocycles. The Morgan fingerprint density at radius 2 is 1.90 bits per heavy atom. The molecule has 4 aromatic rings. The number of hydrogen-bond acceptors (Lipinski definition) is 8. The number of aromatic nitrogens is 2. The molecule has 0 saturated carbocycles. The van der Waals surface area contributed by atoms with Gasteiger partial charge in [-0.3, -0.25) is 14.7 Å². The molecule has 1 atom stereocenters. The van der Waals surface area contributed by atoms with Crippen molar-refractivity contribution in [2.24, 2.45) is 0 Å². The Balaban J connectivity index is 1.08. The zero-order valence-electron chi connectivity index (χ0n) is 22.8. The van der Waals surface area contributed by atoms with Gasteiger partial charge in [-0.25, -0.2) is 0 Å². The summed E-state index contributed by atoms with van der Waals surface area (Å²) in [7, 11) is 0. The first-order valence-corrected chi connectivity index (χ1v) is 15.9. The fraction of sp³-hybridized carbons (Fsp3) is 0.312. The smallest absolute Gasteiger partial charge is 0.250 e. The van der Waals surface area contributed by atoms with Crippen LogP contribution in [0.2, 0.25) is 0 Å². The van der Waals surface area contributed by atoms with Gasteiger partial charge in [-0.05, 0) is 61.3 Å². The first kappa shape index (κ1) is 26.6. The molecule has 0 radical (unpaired) electrons. The number of benzene rings is 2. The van der Waals surface area contributed by atoms with Crippen molar-refractivity contribution in [3.05, 3.63) is 89.0 Å². The van der Waals surface area contributed by atoms with E-state index in [4.69, 9.17) is 4.74 Å². The highest BCUT2D eigenvalue weighted by Crippen LogP contribution is 2.52. The van der Waals surface area contributed by atoms with Crippen LogP contribution in [0.25, 0.3) is 11.3 Å². The topological polar surface area (TPSA) is 73.5 Å². The van der Waals surface area contributed by atoms with Crippen molar-refractivity contribution in [2.45, 2.75) is 45.0 Å². The van der Waals surface area contributed by atoms with Gasteiger partial charge in [-0.15, -0.1) is 0 Å². The number of nitrogens with zero attached hydrogens (tertiary/aromatic N) is 3. The predicted molar refractivity (Wildman–Crippen MR) is 166 cm³/mol. The molecule has 2 saturated heterocycles. The third kappa shape index (κ3) is 6.04. The first-order chi connectivity index (χ1) is 20.2. The van der Waals surface area contributed by atoms with E-state index in [1.165, 1.54) is 43.7 Å². The Labute approximate surface area is 248 Å². The van der Waals surface area contributed by atoms with E-state index in [0.29, 0.717) is 19.3 Å². The summed E-state index contributed by atoms with van der Waals surface area (Å²) in [5.41, 5.74) is 5.25. The number of anilines is 2. The van der Waals surface area contributed by atoms with Gasteiger partial charge in [0, 0.05) is 87.2 Å². The second-order valence-electron chi connectivity index (χ2n) is 10.8. The molecule has 7 nitrogen and oxygen atoms in total. The number of piperidine rings is 1. The van der Waals surface area contributed by atoms with Gasteiger partial charge in [0.2, 0.25) is 5.56 Å². The molecule has 0 aliphatic carbocycles. The zero-order valence-corrected chi connectivity index (χ0v) is 24.5. The van der Waals surface area contributed by atoms with Crippen LogP contribution in [-0.4, -0.2) is 60.3 Å². The molecule has 2 fully saturated rings. The standard InChI is InChI=1S/C32H33N5O2S2/c38-31-18-25(37-12-14-39-15-13-37)17-27(35-31)26-6-1-7-29-32(26)41-28-9-8-23(16-30(28)40-29)34-24-5-3-11-36(21-24)20-22-4-2-10-33-19-22/h1-2,4,6-10,16-19,24,34H,3,5,11-15,20-21H2,(H,35,38). The van der Waals surface area contributed by atoms with Gasteiger partial charge >= 0.3 is 0 Å². The summed E-state index contributed by atoms with van der Waals surface area (Å²) in [6, 6.07) is 21.5. The molecule has 3 aliphatic rings. The van der Waals surface area contributed by atoms with E-state index in [2.05, 4.69) is 73.6 Å². The van der Waals surface area contributed by atoms with Crippen molar-refractivity contribution in [3.8, 4) is 11.3 Å². The molecular formula is C32H33N5O2S2. The predicted octanol–water partition coefficient (Wildman–Crippen LogP) is 5.97. The molecule has 9 heteroatoms. The average Bonchev–Trinajstić information content (AvgIpc) is 3.00. The number of H-pyrrole nitrogens is 1. The van der Waals surface area contributed by atoms with E-state index in [1.54, 1.807) is 17.8 Å². The summed E-state index contributed by atoms with van der Waals surface area (Å²) < 4.78 is 5.51. The normalized spacial score (nSPS) is 18.9. The minimum Gasteiger partial charge on any atom is -0.381 e. The fourth-order valence-corrected chi connectivity index (χ4v) is 8.30. The van der Waals surface area contributed by atoms with Gasteiger partial charge in [0.05, 0.1) is 18.9 Å². The molecule has 2 N–H and O–H groups in total. The fourth-order valence-electron chi connectivity index (χ4n) is 5.88. The third-order valence-corrected chi connectivity index (χ3v) is 10.5. The summed E-state index contributed by atoms with van der Waals surface area (Å²) in [6.07, 6.45) is 6.17. The van der Waals surface area contributed by atoms with Gasteiger partial charge < -0.3 is 19.9 Å². The summed E-state index contributed by atoms with van der Waals surface area (Å²) in [6.45, 7) is 6.08. The average molecular weight is 584 g/mol. The second kappa shape index (κ2) is 11.9. The second-order valence-corrected chi connectivity index (χ2v) is 12.9. The lowest BCUT2D eigenvalue weighted by Gasteiger charge is -2.34. The Bertz CT molecular complexity index is 1590. The maximum Gasteiger partial charge on any atom is 0.250 e. The highest BCUT2D eigenvalue weighted by Gasteiger charge is 2.24. The van der Waals surface area contributed by atoms with E-state index < -0.39 is 0 Å². The van der Waals surface area contributed by atoms with Gasteiger partial charge in [0.1, 0.15) is 0 Å². The zero-order chi connectivity index (χ0) is 27.6. The van der Waals surface area contributed by atoms with Crippen LogP contribution in [0.5, 0.6) is 0 Å². The molecule has 0 spiro atoms. The minimum absolute atomic E-state index is 0.0760. The van der Waals surface area contributed by atoms with Crippen molar-refractivity contribution in [2.75, 3.05) is 49.6 Å². The molecule has 1 unspecified atom stereocenters. The van der Waals surface area contributed by atoms with Crippen LogP contribution in [-0.2, 0) is 11.3 Å². The van der Waals surface area contributed by atoms with Crippen LogP contribution in [0.4, 0.5) is 11.4 Å². The van der Waals surface area contributed by atoms with E-state index >= 15 is 0 Å². The number of rotatable bonds is 6. The van der Waals surface area contributed by atoms with E-state index in [9.17, 15) is 4.79 Å². The van der Waals surface area contributed by atoms with E-state index in [-0.39, 0.29) is 5.56 Å². The largest absolute Gasteiger partial charge is 0.381 e. The summed E-state index contributed by atoms with van der Waals surface area (Å²) in [5, 5.41) is 3.82. The molecule has 7 rings (SSSR count). The lowest BCUT2D eigenvalue weighted by Crippen LogP contribution is -2.41. The van der Waals surface area contributed by atoms with Gasteiger partial charge in [0.25, 0.3) is 0 Å². The molecule has 0 bridgehead atoms. The van der Waals surface area contributed by atoms with Crippen LogP contribution < -0.4 is 15.8 Å². The maximum absolute atomic E-state index is 12.7. The monoisotopic (exact) mass is 583 g/mol. The molecule has 0 amide bonds. The van der Waals surface area contributed by atoms with Crippen molar-refractivity contribution < 1.29 is 4.74 Å². The van der Waals surface area contributed by atoms with Crippen molar-refractivity contribution in [3.63, 3.8) is 0 Å². The Morgan fingerprint density at radius 1 is 0.976 bits per heavy atom. The van der Waals surface area contributed by atoms with Gasteiger partial charge in [0.15, 0.2) is 0 Å². The van der Waals surface area contributed by atoms with Gasteiger partial charge in [-0.1, -0.05) is 41.7 Å². The summed E-state index contributed by atoms with van der Waals surface area (Å²) in [5.74, 6) is 0. The number of pyridine rings is 2. The molecule has 210 valence electrons. The lowest BCUT2D eigenvalue weighted by atomic mass is 10.0. The Morgan fingerprint density at radius 3 is 2.78 bits per heavy atom. The highest BCUT2D eigenvalue weighted by molar-refractivity contribution is 8.05. The van der Waals surface area contributed by atoms with Crippen LogP contribution in [0, 0.1) is 0 Å². The summed E-state index contributed by atoms with van der Waals surface area (Å²) in [4.78, 5) is 29.7. The van der Waals surface area contributed by atoms with Crippen LogP contribution in [0.15, 0.2) is 97.4 Å². The molecule has 41 heavy (non-hydrogen) atoms. The number of aromatic amines is 1. The number of fused-ring (bicyclic) bond motifs is 2. The van der Waals surface area contributed by atoms with Crippen LogP contribution >= 0.6 is 23.5 Å². The number of ether oxygens (including phenoxy) is 1. The SMILES string of the molecule is O=c1cc(N2CCOCC2)cc(-c2cccc3c2Sc2ccc(NC4CCCN(Cc5cccnc5)C4)cc2S3)[nH]1. The van der Waals surface area contributed by atoms with Gasteiger partial charge in [-0.2, -0.15) is 0 Å². The first-order valence-electron chi connectivity index (χ1n) is 14.3. The molecular weight excluding hydrogens is 551 g/mol. The number of hydrogen-bond donors (Lipinski definition) is 2. The maximum atomic E-state index is 12.7. The molecule has 2 aromatic carbocycles. The quantitative estimate of drug-likeness (QED) is 0.254. The van der Waals surface area contributed by atoms with Crippen molar-refractivity contribution >= 4 is 34.9 Å². The van der Waals surface area contributed by atoms with Crippen molar-refractivity contribution in [1.29, 1.82) is 0 Å². The Kier molecular flexibility index (Phi) is 7.76. The minimum atomic E-state index is -0.0760. The van der Waals surface area contributed by atoms with Crippen LogP contribution in [0.1, 0.15) is 18.4 Å². The summed E-state index contributed by atoms with van der Waals surface area (Å²) >= 11 is 3.60. The lowest BCUT2D eigenvalue weighted by molar-refractivity contribution is 0.122. The molecule has 3 aliphatic heterocycles. The van der Waals surface area contributed by atoms with E-state index in [1.807, 2.05) is 30.2 Å². The number of morpholine rings is 1. The Hall–Kier alpha value is -3.24. The third-order valence-electron chi connectivity index (χ3n) is 7.86. The van der Waals surface area contributed by atoms with E-state index in [0.717, 1.165) is 49.7 Å². The highest BCUT2D eigenvalue weighted by atomic mass is 32.2. The number of likely N-dealkylation sites (tertiary alicyclic amines) is 1. The van der Waals surface area contributed by atoms with Crippen molar-refractivity contribution in [1.82, 2.24) is 14.9 Å². The van der Waals surface area contributed by atoms with Crippen LogP contribution in [0.3, 0.4) is 0 Å². The molecule has 2 aromatic heterocycles.